The van der Waals surface area contributed by atoms with E-state index in [0.29, 0.717) is 25.9 Å². The minimum Gasteiger partial charge on any atom is -0.361 e. The number of aromatic nitrogens is 1. The van der Waals surface area contributed by atoms with Crippen LogP contribution in [0, 0.1) is 5.82 Å². The number of nitrogens with one attached hydrogen (secondary N) is 1. The molecule has 0 bridgehead atoms. The van der Waals surface area contributed by atoms with E-state index in [1.807, 2.05) is 31.3 Å². The number of carbonyl (C=O) groups is 2. The van der Waals surface area contributed by atoms with E-state index in [4.69, 9.17) is 0 Å². The molecule has 0 unspecified atom stereocenters. The van der Waals surface area contributed by atoms with Gasteiger partial charge in [-0.05, 0) is 48.6 Å². The van der Waals surface area contributed by atoms with Crippen molar-refractivity contribution in [3.8, 4) is 0 Å². The lowest BCUT2D eigenvalue weighted by atomic mass is 10.1. The van der Waals surface area contributed by atoms with E-state index < -0.39 is 0 Å². The average Bonchev–Trinajstić information content (AvgIpc) is 3.55. The fraction of sp³-hybridized carbons (Fsp3) is 0.360. The van der Waals surface area contributed by atoms with Gasteiger partial charge in [-0.2, -0.15) is 0 Å². The minimum absolute atomic E-state index is 0.0224. The maximum Gasteiger partial charge on any atom is 0.242 e. The first-order valence-electron chi connectivity index (χ1n) is 10.9. The largest absolute Gasteiger partial charge is 0.361 e. The van der Waals surface area contributed by atoms with Gasteiger partial charge < -0.3 is 14.8 Å². The molecule has 0 atom stereocenters. The number of H-pyrrole nitrogens is 1. The lowest BCUT2D eigenvalue weighted by Crippen LogP contribution is -2.44. The molecule has 0 aliphatic heterocycles. The average molecular weight is 422 g/mol. The third kappa shape index (κ3) is 5.13. The third-order valence-electron chi connectivity index (χ3n) is 5.88. The van der Waals surface area contributed by atoms with Crippen molar-refractivity contribution in [3.63, 3.8) is 0 Å². The number of para-hydroxylation sites is 1. The van der Waals surface area contributed by atoms with Gasteiger partial charge in [0.1, 0.15) is 12.4 Å². The van der Waals surface area contributed by atoms with Gasteiger partial charge in [-0.15, -0.1) is 0 Å². The van der Waals surface area contributed by atoms with Crippen molar-refractivity contribution in [1.29, 1.82) is 0 Å². The minimum atomic E-state index is -0.297. The first-order valence-corrected chi connectivity index (χ1v) is 10.9. The first-order chi connectivity index (χ1) is 15.0. The molecule has 2 aromatic carbocycles. The summed E-state index contributed by atoms with van der Waals surface area (Å²) in [5.74, 6) is -0.346. The van der Waals surface area contributed by atoms with Crippen LogP contribution >= 0.6 is 0 Å². The van der Waals surface area contributed by atoms with Crippen molar-refractivity contribution in [2.45, 2.75) is 45.2 Å². The third-order valence-corrected chi connectivity index (χ3v) is 5.88. The van der Waals surface area contributed by atoms with Crippen LogP contribution in [0.15, 0.2) is 54.7 Å². The Bertz CT molecular complexity index is 1060. The smallest absolute Gasteiger partial charge is 0.242 e. The summed E-state index contributed by atoms with van der Waals surface area (Å²) in [6.07, 6.45) is 5.01. The topological polar surface area (TPSA) is 56.4 Å². The first kappa shape index (κ1) is 21.1. The lowest BCUT2D eigenvalue weighted by molar-refractivity contribution is -0.141. The number of benzene rings is 2. The van der Waals surface area contributed by atoms with Gasteiger partial charge >= 0.3 is 0 Å². The van der Waals surface area contributed by atoms with E-state index in [1.54, 1.807) is 21.9 Å². The van der Waals surface area contributed by atoms with E-state index in [1.165, 1.54) is 12.1 Å². The fourth-order valence-corrected chi connectivity index (χ4v) is 3.95. The Morgan fingerprint density at radius 3 is 2.52 bits per heavy atom. The second kappa shape index (κ2) is 9.33. The summed E-state index contributed by atoms with van der Waals surface area (Å²) in [5.41, 5.74) is 3.09. The van der Waals surface area contributed by atoms with Crippen molar-refractivity contribution in [2.75, 3.05) is 13.1 Å². The Kier molecular flexibility index (Phi) is 6.35. The van der Waals surface area contributed by atoms with Crippen LogP contribution in [0.1, 0.15) is 37.3 Å². The Labute approximate surface area is 181 Å². The van der Waals surface area contributed by atoms with Crippen LogP contribution < -0.4 is 0 Å². The number of nitrogens with zero attached hydrogens (tertiary/aromatic N) is 2. The van der Waals surface area contributed by atoms with Gasteiger partial charge in [0.15, 0.2) is 0 Å². The number of amides is 2. The highest BCUT2D eigenvalue weighted by molar-refractivity contribution is 5.85. The van der Waals surface area contributed by atoms with Crippen LogP contribution in [-0.4, -0.2) is 45.7 Å². The Hall–Kier alpha value is -3.15. The van der Waals surface area contributed by atoms with Crippen molar-refractivity contribution < 1.29 is 14.0 Å². The standard InChI is InChI=1S/C25H28FN3O2/c1-2-24(30)29(21-11-12-21)17-25(31)28(16-18-7-9-20(26)10-8-18)14-13-19-15-27-23-6-4-3-5-22(19)23/h3-10,15,21,27H,2,11-14,16-17H2,1H3. The summed E-state index contributed by atoms with van der Waals surface area (Å²) in [6, 6.07) is 14.5. The highest BCUT2D eigenvalue weighted by Crippen LogP contribution is 2.27. The van der Waals surface area contributed by atoms with Gasteiger partial charge in [-0.3, -0.25) is 9.59 Å². The molecule has 1 saturated carbocycles. The van der Waals surface area contributed by atoms with E-state index in [9.17, 15) is 14.0 Å². The molecule has 0 spiro atoms. The van der Waals surface area contributed by atoms with Crippen molar-refractivity contribution in [3.05, 3.63) is 71.7 Å². The Morgan fingerprint density at radius 1 is 1.06 bits per heavy atom. The van der Waals surface area contributed by atoms with Crippen molar-refractivity contribution in [2.24, 2.45) is 0 Å². The van der Waals surface area contributed by atoms with E-state index in [-0.39, 0.29) is 30.2 Å². The van der Waals surface area contributed by atoms with Crippen LogP contribution in [-0.2, 0) is 22.6 Å². The number of rotatable bonds is 9. The zero-order chi connectivity index (χ0) is 21.8. The number of hydrogen-bond donors (Lipinski definition) is 1. The summed E-state index contributed by atoms with van der Waals surface area (Å²) in [7, 11) is 0. The normalized spacial score (nSPS) is 13.4. The lowest BCUT2D eigenvalue weighted by Gasteiger charge is -2.28. The second-order valence-corrected chi connectivity index (χ2v) is 8.16. The number of fused-ring (bicyclic) bond motifs is 1. The maximum absolute atomic E-state index is 13.3. The summed E-state index contributed by atoms with van der Waals surface area (Å²) < 4.78 is 13.3. The van der Waals surface area contributed by atoms with Crippen LogP contribution in [0.5, 0.6) is 0 Å². The molecule has 6 heteroatoms. The number of hydrogen-bond acceptors (Lipinski definition) is 2. The fourth-order valence-electron chi connectivity index (χ4n) is 3.95. The van der Waals surface area contributed by atoms with Crippen LogP contribution in [0.3, 0.4) is 0 Å². The number of aromatic amines is 1. The van der Waals surface area contributed by atoms with Gasteiger partial charge in [0, 0.05) is 42.7 Å². The molecule has 1 N–H and O–H groups in total. The predicted octanol–water partition coefficient (Wildman–Crippen LogP) is 4.28. The summed E-state index contributed by atoms with van der Waals surface area (Å²) in [5, 5.41) is 1.15. The second-order valence-electron chi connectivity index (χ2n) is 8.16. The van der Waals surface area contributed by atoms with Gasteiger partial charge in [0.2, 0.25) is 11.8 Å². The van der Waals surface area contributed by atoms with Gasteiger partial charge in [0.05, 0.1) is 0 Å². The highest BCUT2D eigenvalue weighted by Gasteiger charge is 2.34. The zero-order valence-corrected chi connectivity index (χ0v) is 17.8. The molecule has 162 valence electrons. The Morgan fingerprint density at radius 2 is 1.81 bits per heavy atom. The zero-order valence-electron chi connectivity index (χ0n) is 17.8. The highest BCUT2D eigenvalue weighted by atomic mass is 19.1. The summed E-state index contributed by atoms with van der Waals surface area (Å²) in [4.78, 5) is 32.4. The molecule has 1 aromatic heterocycles. The SMILES string of the molecule is CCC(=O)N(CC(=O)N(CCc1c[nH]c2ccccc12)Cc1ccc(F)cc1)C1CC1. The van der Waals surface area contributed by atoms with Gasteiger partial charge in [-0.25, -0.2) is 4.39 Å². The van der Waals surface area contributed by atoms with Crippen LogP contribution in [0.4, 0.5) is 4.39 Å². The van der Waals surface area contributed by atoms with E-state index >= 15 is 0 Å². The molecule has 0 radical (unpaired) electrons. The van der Waals surface area contributed by atoms with E-state index in [0.717, 1.165) is 34.9 Å². The molecular formula is C25H28FN3O2. The number of carbonyl (C=O) groups excluding carboxylic acids is 2. The molecule has 31 heavy (non-hydrogen) atoms. The monoisotopic (exact) mass is 421 g/mol. The van der Waals surface area contributed by atoms with Crippen LogP contribution in [0.25, 0.3) is 10.9 Å². The molecule has 1 aliphatic rings. The number of halogens is 1. The molecule has 1 aliphatic carbocycles. The molecule has 4 rings (SSSR count). The van der Waals surface area contributed by atoms with Gasteiger partial charge in [0.25, 0.3) is 0 Å². The molecule has 1 fully saturated rings. The molecule has 0 saturated heterocycles. The molecule has 1 heterocycles. The van der Waals surface area contributed by atoms with Crippen LogP contribution in [0.2, 0.25) is 0 Å². The maximum atomic E-state index is 13.3. The molecule has 5 nitrogen and oxygen atoms in total. The molecular weight excluding hydrogens is 393 g/mol. The predicted molar refractivity (Wildman–Crippen MR) is 119 cm³/mol. The Balaban J connectivity index is 1.50. The summed E-state index contributed by atoms with van der Waals surface area (Å²) in [6.45, 7) is 2.85. The summed E-state index contributed by atoms with van der Waals surface area (Å²) >= 11 is 0. The van der Waals surface area contributed by atoms with Crippen molar-refractivity contribution >= 4 is 22.7 Å². The quantitative estimate of drug-likeness (QED) is 0.561. The molecule has 3 aromatic rings. The van der Waals surface area contributed by atoms with Crippen molar-refractivity contribution in [1.82, 2.24) is 14.8 Å². The van der Waals surface area contributed by atoms with Gasteiger partial charge in [-0.1, -0.05) is 37.3 Å². The van der Waals surface area contributed by atoms with E-state index in [2.05, 4.69) is 11.1 Å². The molecule has 2 amide bonds.